The monoisotopic (exact) mass is 466 g/mol. The molecule has 32 heavy (non-hydrogen) atoms. The molecule has 2 N–H and O–H groups in total. The van der Waals surface area contributed by atoms with Gasteiger partial charge in [0.05, 0.1) is 25.2 Å². The molecule has 0 saturated heterocycles. The zero-order chi connectivity index (χ0) is 23.3. The van der Waals surface area contributed by atoms with E-state index in [1.54, 1.807) is 19.9 Å². The number of hydrogen-bond donors (Lipinski definition) is 2. The van der Waals surface area contributed by atoms with E-state index in [4.69, 9.17) is 14.2 Å². The third kappa shape index (κ3) is 5.68. The van der Waals surface area contributed by atoms with Crippen LogP contribution in [0.15, 0.2) is 41.3 Å². The van der Waals surface area contributed by atoms with E-state index in [-0.39, 0.29) is 23.1 Å². The Hall–Kier alpha value is -2.85. The van der Waals surface area contributed by atoms with Gasteiger partial charge in [-0.25, -0.2) is 12.8 Å². The van der Waals surface area contributed by atoms with Crippen LogP contribution in [0.5, 0.6) is 17.2 Å². The summed E-state index contributed by atoms with van der Waals surface area (Å²) in [7, 11) is -2.65. The Morgan fingerprint density at radius 2 is 1.84 bits per heavy atom. The minimum Gasteiger partial charge on any atom is -0.494 e. The molecule has 0 aromatic heterocycles. The fourth-order valence-corrected chi connectivity index (χ4v) is 4.52. The van der Waals surface area contributed by atoms with Gasteiger partial charge in [0.15, 0.2) is 23.1 Å². The Balaban J connectivity index is 1.71. The number of nitrogens with one attached hydrogen (secondary N) is 2. The summed E-state index contributed by atoms with van der Waals surface area (Å²) in [6.07, 6.45) is 0.697. The lowest BCUT2D eigenvalue weighted by Crippen LogP contribution is -2.49. The summed E-state index contributed by atoms with van der Waals surface area (Å²) in [6.45, 7) is 4.41. The van der Waals surface area contributed by atoms with E-state index in [2.05, 4.69) is 10.0 Å². The van der Waals surface area contributed by atoms with E-state index in [9.17, 15) is 17.6 Å². The second kappa shape index (κ2) is 10.2. The van der Waals surface area contributed by atoms with Gasteiger partial charge in [0, 0.05) is 19.0 Å². The molecular formula is C22H27FN2O6S. The van der Waals surface area contributed by atoms with Gasteiger partial charge in [-0.15, -0.1) is 0 Å². The summed E-state index contributed by atoms with van der Waals surface area (Å²) in [5.41, 5.74) is 0.518. The van der Waals surface area contributed by atoms with Crippen molar-refractivity contribution in [1.29, 1.82) is 0 Å². The SMILES string of the molecule is COc1ccc(CNC(=O)C(NS(=O)(=O)c2ccc3c(c2)OCCCO3)C(C)C)cc1F. The van der Waals surface area contributed by atoms with Gasteiger partial charge in [0.25, 0.3) is 0 Å². The fourth-order valence-electron chi connectivity index (χ4n) is 3.16. The number of halogens is 1. The lowest BCUT2D eigenvalue weighted by atomic mass is 10.0. The molecule has 1 atom stereocenters. The molecule has 1 aliphatic heterocycles. The summed E-state index contributed by atoms with van der Waals surface area (Å²) in [6, 6.07) is 7.64. The van der Waals surface area contributed by atoms with E-state index in [0.29, 0.717) is 36.7 Å². The third-order valence-electron chi connectivity index (χ3n) is 4.94. The maximum atomic E-state index is 13.9. The molecule has 0 aliphatic carbocycles. The molecule has 10 heteroatoms. The van der Waals surface area contributed by atoms with Crippen molar-refractivity contribution >= 4 is 15.9 Å². The Bertz CT molecular complexity index is 1070. The van der Waals surface area contributed by atoms with Gasteiger partial charge >= 0.3 is 0 Å². The molecule has 1 aliphatic rings. The van der Waals surface area contributed by atoms with Crippen LogP contribution in [-0.4, -0.2) is 40.7 Å². The highest BCUT2D eigenvalue weighted by molar-refractivity contribution is 7.89. The predicted molar refractivity (Wildman–Crippen MR) is 116 cm³/mol. The Kier molecular flexibility index (Phi) is 7.57. The van der Waals surface area contributed by atoms with Crippen molar-refractivity contribution in [2.24, 2.45) is 5.92 Å². The molecule has 1 heterocycles. The van der Waals surface area contributed by atoms with Crippen LogP contribution in [0, 0.1) is 11.7 Å². The molecule has 1 unspecified atom stereocenters. The first-order chi connectivity index (χ1) is 15.2. The molecule has 0 bridgehead atoms. The predicted octanol–water partition coefficient (Wildman–Crippen LogP) is 2.61. The third-order valence-corrected chi connectivity index (χ3v) is 6.38. The molecule has 8 nitrogen and oxygen atoms in total. The number of hydrogen-bond acceptors (Lipinski definition) is 6. The number of carbonyl (C=O) groups excluding carboxylic acids is 1. The van der Waals surface area contributed by atoms with E-state index in [1.165, 1.54) is 37.4 Å². The number of methoxy groups -OCH3 is 1. The molecule has 0 saturated carbocycles. The van der Waals surface area contributed by atoms with Crippen molar-refractivity contribution in [3.8, 4) is 17.2 Å². The number of fused-ring (bicyclic) bond motifs is 1. The number of rotatable bonds is 8. The van der Waals surface area contributed by atoms with Gasteiger partial charge in [-0.2, -0.15) is 4.72 Å². The number of ether oxygens (including phenoxy) is 3. The van der Waals surface area contributed by atoms with Crippen LogP contribution in [0.25, 0.3) is 0 Å². The van der Waals surface area contributed by atoms with Crippen LogP contribution in [0.1, 0.15) is 25.8 Å². The highest BCUT2D eigenvalue weighted by Gasteiger charge is 2.29. The molecule has 0 radical (unpaired) electrons. The lowest BCUT2D eigenvalue weighted by Gasteiger charge is -2.22. The molecule has 2 aromatic carbocycles. The van der Waals surface area contributed by atoms with Crippen molar-refractivity contribution in [2.45, 2.75) is 37.8 Å². The number of benzene rings is 2. The Morgan fingerprint density at radius 3 is 2.50 bits per heavy atom. The number of carbonyl (C=O) groups is 1. The first-order valence-corrected chi connectivity index (χ1v) is 11.7. The summed E-state index contributed by atoms with van der Waals surface area (Å²) >= 11 is 0. The molecule has 174 valence electrons. The van der Waals surface area contributed by atoms with Crippen LogP contribution in [0.3, 0.4) is 0 Å². The molecule has 0 spiro atoms. The van der Waals surface area contributed by atoms with Gasteiger partial charge in [0.2, 0.25) is 15.9 Å². The van der Waals surface area contributed by atoms with Gasteiger partial charge in [0.1, 0.15) is 6.04 Å². The van der Waals surface area contributed by atoms with Gasteiger partial charge in [-0.1, -0.05) is 19.9 Å². The van der Waals surface area contributed by atoms with Crippen LogP contribution in [-0.2, 0) is 21.4 Å². The van der Waals surface area contributed by atoms with Crippen molar-refractivity contribution < 1.29 is 31.8 Å². The van der Waals surface area contributed by atoms with Crippen molar-refractivity contribution in [3.63, 3.8) is 0 Å². The Morgan fingerprint density at radius 1 is 1.12 bits per heavy atom. The molecular weight excluding hydrogens is 439 g/mol. The van der Waals surface area contributed by atoms with E-state index in [0.717, 1.165) is 0 Å². The maximum absolute atomic E-state index is 13.9. The fraction of sp³-hybridized carbons (Fsp3) is 0.409. The summed E-state index contributed by atoms with van der Waals surface area (Å²) in [5.74, 6) is -0.478. The summed E-state index contributed by atoms with van der Waals surface area (Å²) in [5, 5.41) is 2.66. The molecule has 0 fully saturated rings. The molecule has 2 aromatic rings. The first-order valence-electron chi connectivity index (χ1n) is 10.2. The van der Waals surface area contributed by atoms with E-state index >= 15 is 0 Å². The van der Waals surface area contributed by atoms with Crippen LogP contribution >= 0.6 is 0 Å². The maximum Gasteiger partial charge on any atom is 0.241 e. The van der Waals surface area contributed by atoms with Gasteiger partial charge in [-0.3, -0.25) is 4.79 Å². The normalized spacial score (nSPS) is 14.5. The van der Waals surface area contributed by atoms with Gasteiger partial charge < -0.3 is 19.5 Å². The second-order valence-electron chi connectivity index (χ2n) is 7.69. The topological polar surface area (TPSA) is 103 Å². The lowest BCUT2D eigenvalue weighted by molar-refractivity contribution is -0.123. The summed E-state index contributed by atoms with van der Waals surface area (Å²) in [4.78, 5) is 12.7. The van der Waals surface area contributed by atoms with E-state index < -0.39 is 27.8 Å². The summed E-state index contributed by atoms with van der Waals surface area (Å²) < 4.78 is 58.2. The second-order valence-corrected chi connectivity index (χ2v) is 9.40. The van der Waals surface area contributed by atoms with Crippen LogP contribution < -0.4 is 24.2 Å². The van der Waals surface area contributed by atoms with Crippen LogP contribution in [0.2, 0.25) is 0 Å². The van der Waals surface area contributed by atoms with Crippen molar-refractivity contribution in [3.05, 3.63) is 47.8 Å². The number of amides is 1. The largest absolute Gasteiger partial charge is 0.494 e. The standard InChI is InChI=1S/C22H27FN2O6S/c1-14(2)21(22(26)24-13-15-5-7-18(29-3)17(23)11-15)25-32(27,28)16-6-8-19-20(12-16)31-10-4-9-30-19/h5-8,11-12,14,21,25H,4,9-10,13H2,1-3H3,(H,24,26). The molecule has 3 rings (SSSR count). The quantitative estimate of drug-likeness (QED) is 0.620. The van der Waals surface area contributed by atoms with Crippen molar-refractivity contribution in [2.75, 3.05) is 20.3 Å². The Labute approximate surface area is 187 Å². The first kappa shape index (κ1) is 23.8. The minimum absolute atomic E-state index is 0.0302. The highest BCUT2D eigenvalue weighted by atomic mass is 32.2. The average molecular weight is 467 g/mol. The number of sulfonamides is 1. The zero-order valence-corrected chi connectivity index (χ0v) is 19.0. The zero-order valence-electron chi connectivity index (χ0n) is 18.2. The van der Waals surface area contributed by atoms with Gasteiger partial charge in [-0.05, 0) is 35.7 Å². The highest BCUT2D eigenvalue weighted by Crippen LogP contribution is 2.32. The van der Waals surface area contributed by atoms with Crippen molar-refractivity contribution in [1.82, 2.24) is 10.0 Å². The van der Waals surface area contributed by atoms with E-state index in [1.807, 2.05) is 0 Å². The molecule has 1 amide bonds. The smallest absolute Gasteiger partial charge is 0.241 e. The minimum atomic E-state index is -4.02. The average Bonchev–Trinajstić information content (AvgIpc) is 3.00. The van der Waals surface area contributed by atoms with Crippen LogP contribution in [0.4, 0.5) is 4.39 Å².